The predicted molar refractivity (Wildman–Crippen MR) is 78.5 cm³/mol. The van der Waals surface area contributed by atoms with E-state index in [-0.39, 0.29) is 6.10 Å². The van der Waals surface area contributed by atoms with E-state index in [9.17, 15) is 5.11 Å². The average Bonchev–Trinajstić information content (AvgIpc) is 2.90. The highest BCUT2D eigenvalue weighted by atomic mass is 16.5. The molecule has 1 aromatic rings. The number of hydrogen-bond acceptors (Lipinski definition) is 4. The minimum absolute atomic E-state index is 0.358. The lowest BCUT2D eigenvalue weighted by Crippen LogP contribution is -2.42. The van der Waals surface area contributed by atoms with E-state index in [0.29, 0.717) is 18.6 Å². The summed E-state index contributed by atoms with van der Waals surface area (Å²) in [5, 5.41) is 14.2. The third-order valence-electron chi connectivity index (χ3n) is 3.63. The van der Waals surface area contributed by atoms with Crippen LogP contribution in [0.4, 0.5) is 0 Å². The molecule has 1 saturated heterocycles. The fraction of sp³-hybridized carbons (Fsp3) is 0.800. The second kappa shape index (κ2) is 7.76. The van der Waals surface area contributed by atoms with Crippen molar-refractivity contribution in [2.24, 2.45) is 5.92 Å². The van der Waals surface area contributed by atoms with E-state index in [0.717, 1.165) is 39.1 Å². The van der Waals surface area contributed by atoms with Gasteiger partial charge in [0, 0.05) is 38.6 Å². The van der Waals surface area contributed by atoms with E-state index in [1.165, 1.54) is 0 Å². The standard InChI is InChI=1S/C15H27N3O2/c1-13(2)12-20-15-4-8-17(9-5-15)10-14(19)11-18-7-3-6-16-18/h3,6-7,13-15,19H,4-5,8-12H2,1-2H3/t14-/m1/s1. The van der Waals surface area contributed by atoms with Crippen LogP contribution in [0, 0.1) is 5.92 Å². The van der Waals surface area contributed by atoms with Gasteiger partial charge in [0.15, 0.2) is 0 Å². The molecule has 2 heterocycles. The zero-order valence-electron chi connectivity index (χ0n) is 12.6. The molecule has 5 nitrogen and oxygen atoms in total. The van der Waals surface area contributed by atoms with Crippen LogP contribution in [-0.4, -0.2) is 58.2 Å². The maximum Gasteiger partial charge on any atom is 0.0862 e. The minimum atomic E-state index is -0.358. The number of nitrogens with zero attached hydrogens (tertiary/aromatic N) is 3. The predicted octanol–water partition coefficient (Wildman–Crippen LogP) is 1.38. The van der Waals surface area contributed by atoms with Gasteiger partial charge in [0.05, 0.1) is 18.8 Å². The summed E-state index contributed by atoms with van der Waals surface area (Å²) < 4.78 is 7.66. The molecule has 1 fully saturated rings. The Kier molecular flexibility index (Phi) is 6.01. The summed E-state index contributed by atoms with van der Waals surface area (Å²) in [4.78, 5) is 2.32. The number of rotatable bonds is 7. The number of aliphatic hydroxyl groups excluding tert-OH is 1. The highest BCUT2D eigenvalue weighted by Gasteiger charge is 2.21. The molecule has 1 atom stereocenters. The van der Waals surface area contributed by atoms with Crippen molar-refractivity contribution in [2.45, 2.75) is 45.4 Å². The molecule has 0 amide bonds. The molecular formula is C15H27N3O2. The number of hydrogen-bond donors (Lipinski definition) is 1. The Morgan fingerprint density at radius 2 is 2.05 bits per heavy atom. The zero-order valence-corrected chi connectivity index (χ0v) is 12.6. The topological polar surface area (TPSA) is 50.5 Å². The third kappa shape index (κ3) is 5.23. The molecule has 0 spiro atoms. The molecule has 0 aromatic carbocycles. The number of ether oxygens (including phenoxy) is 1. The van der Waals surface area contributed by atoms with Crippen LogP contribution in [-0.2, 0) is 11.3 Å². The Morgan fingerprint density at radius 1 is 1.30 bits per heavy atom. The van der Waals surface area contributed by atoms with Gasteiger partial charge in [-0.3, -0.25) is 4.68 Å². The molecular weight excluding hydrogens is 254 g/mol. The summed E-state index contributed by atoms with van der Waals surface area (Å²) in [5.41, 5.74) is 0. The SMILES string of the molecule is CC(C)COC1CCN(C[C@@H](O)Cn2cccn2)CC1. The largest absolute Gasteiger partial charge is 0.390 e. The Hall–Kier alpha value is -0.910. The van der Waals surface area contributed by atoms with Gasteiger partial charge in [0.1, 0.15) is 0 Å². The molecule has 1 aliphatic heterocycles. The van der Waals surface area contributed by atoms with Crippen LogP contribution in [0.15, 0.2) is 18.5 Å². The first-order chi connectivity index (χ1) is 9.63. The summed E-state index contributed by atoms with van der Waals surface area (Å²) in [6.07, 6.45) is 5.81. The Bertz CT molecular complexity index is 359. The van der Waals surface area contributed by atoms with Crippen molar-refractivity contribution < 1.29 is 9.84 Å². The van der Waals surface area contributed by atoms with E-state index in [1.54, 1.807) is 10.9 Å². The normalized spacial score (nSPS) is 19.6. The molecule has 1 aromatic heterocycles. The van der Waals surface area contributed by atoms with Gasteiger partial charge in [0.25, 0.3) is 0 Å². The van der Waals surface area contributed by atoms with Crippen molar-refractivity contribution in [1.29, 1.82) is 0 Å². The Morgan fingerprint density at radius 3 is 2.65 bits per heavy atom. The van der Waals surface area contributed by atoms with E-state index in [2.05, 4.69) is 23.8 Å². The van der Waals surface area contributed by atoms with Crippen LogP contribution >= 0.6 is 0 Å². The van der Waals surface area contributed by atoms with Crippen LogP contribution in [0.3, 0.4) is 0 Å². The molecule has 20 heavy (non-hydrogen) atoms. The number of β-amino-alcohol motifs (C(OH)–C–C–N with tert-alkyl or cyclic N) is 1. The van der Waals surface area contributed by atoms with Gasteiger partial charge in [-0.15, -0.1) is 0 Å². The van der Waals surface area contributed by atoms with Gasteiger partial charge >= 0.3 is 0 Å². The lowest BCUT2D eigenvalue weighted by molar-refractivity contribution is -0.0135. The van der Waals surface area contributed by atoms with Crippen molar-refractivity contribution in [3.63, 3.8) is 0 Å². The molecule has 1 aliphatic rings. The average molecular weight is 281 g/mol. The molecule has 5 heteroatoms. The summed E-state index contributed by atoms with van der Waals surface area (Å²) in [6, 6.07) is 1.88. The number of aliphatic hydroxyl groups is 1. The summed E-state index contributed by atoms with van der Waals surface area (Å²) in [6.45, 7) is 8.53. The second-order valence-corrected chi connectivity index (χ2v) is 6.11. The van der Waals surface area contributed by atoms with Crippen molar-refractivity contribution >= 4 is 0 Å². The Balaban J connectivity index is 1.63. The molecule has 0 aliphatic carbocycles. The quantitative estimate of drug-likeness (QED) is 0.820. The highest BCUT2D eigenvalue weighted by molar-refractivity contribution is 4.80. The zero-order chi connectivity index (χ0) is 14.4. The lowest BCUT2D eigenvalue weighted by Gasteiger charge is -2.33. The van der Waals surface area contributed by atoms with Crippen LogP contribution in [0.5, 0.6) is 0 Å². The van der Waals surface area contributed by atoms with Gasteiger partial charge in [-0.1, -0.05) is 13.8 Å². The fourth-order valence-electron chi connectivity index (χ4n) is 2.57. The van der Waals surface area contributed by atoms with Gasteiger partial charge in [-0.05, 0) is 24.8 Å². The van der Waals surface area contributed by atoms with Crippen molar-refractivity contribution in [1.82, 2.24) is 14.7 Å². The molecule has 0 bridgehead atoms. The van der Waals surface area contributed by atoms with Gasteiger partial charge in [-0.2, -0.15) is 5.10 Å². The second-order valence-electron chi connectivity index (χ2n) is 6.11. The first kappa shape index (κ1) is 15.5. The maximum absolute atomic E-state index is 10.1. The summed E-state index contributed by atoms with van der Waals surface area (Å²) in [5.74, 6) is 0.601. The molecule has 1 N–H and O–H groups in total. The van der Waals surface area contributed by atoms with Crippen molar-refractivity contribution in [3.05, 3.63) is 18.5 Å². The smallest absolute Gasteiger partial charge is 0.0862 e. The monoisotopic (exact) mass is 281 g/mol. The van der Waals surface area contributed by atoms with E-state index in [1.807, 2.05) is 12.3 Å². The van der Waals surface area contributed by atoms with Crippen LogP contribution in [0.2, 0.25) is 0 Å². The maximum atomic E-state index is 10.1. The lowest BCUT2D eigenvalue weighted by atomic mass is 10.1. The van der Waals surface area contributed by atoms with Gasteiger partial charge in [0.2, 0.25) is 0 Å². The fourth-order valence-corrected chi connectivity index (χ4v) is 2.57. The molecule has 2 rings (SSSR count). The van der Waals surface area contributed by atoms with Gasteiger partial charge < -0.3 is 14.7 Å². The first-order valence-electron chi connectivity index (χ1n) is 7.63. The van der Waals surface area contributed by atoms with Crippen LogP contribution < -0.4 is 0 Å². The first-order valence-corrected chi connectivity index (χ1v) is 7.63. The van der Waals surface area contributed by atoms with Gasteiger partial charge in [-0.25, -0.2) is 0 Å². The highest BCUT2D eigenvalue weighted by Crippen LogP contribution is 2.15. The number of likely N-dealkylation sites (tertiary alicyclic amines) is 1. The molecule has 0 unspecified atom stereocenters. The van der Waals surface area contributed by atoms with E-state index < -0.39 is 0 Å². The van der Waals surface area contributed by atoms with E-state index >= 15 is 0 Å². The summed E-state index contributed by atoms with van der Waals surface area (Å²) in [7, 11) is 0. The number of aromatic nitrogens is 2. The minimum Gasteiger partial charge on any atom is -0.390 e. The van der Waals surface area contributed by atoms with Crippen LogP contribution in [0.1, 0.15) is 26.7 Å². The van der Waals surface area contributed by atoms with E-state index in [4.69, 9.17) is 4.74 Å². The molecule has 0 saturated carbocycles. The summed E-state index contributed by atoms with van der Waals surface area (Å²) >= 11 is 0. The molecule has 0 radical (unpaired) electrons. The number of piperidine rings is 1. The van der Waals surface area contributed by atoms with Crippen LogP contribution in [0.25, 0.3) is 0 Å². The van der Waals surface area contributed by atoms with Crippen molar-refractivity contribution in [2.75, 3.05) is 26.2 Å². The molecule has 114 valence electrons. The Labute approximate surface area is 121 Å². The third-order valence-corrected chi connectivity index (χ3v) is 3.63. The van der Waals surface area contributed by atoms with Crippen molar-refractivity contribution in [3.8, 4) is 0 Å².